The van der Waals surface area contributed by atoms with Crippen LogP contribution in [0, 0.1) is 0 Å². The first-order valence-corrected chi connectivity index (χ1v) is 4.02. The van der Waals surface area contributed by atoms with Gasteiger partial charge in [0.1, 0.15) is 5.56 Å². The lowest BCUT2D eigenvalue weighted by Crippen LogP contribution is -1.98. The highest BCUT2D eigenvalue weighted by atomic mass is 35.5. The van der Waals surface area contributed by atoms with Gasteiger partial charge >= 0.3 is 0 Å². The van der Waals surface area contributed by atoms with Crippen molar-refractivity contribution < 1.29 is 4.74 Å². The molecule has 0 aliphatic carbocycles. The molecule has 0 heterocycles. The Hall–Kier alpha value is -0.530. The number of rotatable bonds is 3. The van der Waals surface area contributed by atoms with Gasteiger partial charge in [-0.25, -0.2) is 0 Å². The van der Waals surface area contributed by atoms with E-state index in [1.165, 1.54) is 0 Å². The molecule has 0 aliphatic rings. The normalized spacial score (nSPS) is 12.9. The third-order valence-corrected chi connectivity index (χ3v) is 1.45. The first-order valence-electron chi connectivity index (χ1n) is 3.58. The molecule has 2 heteroatoms. The quantitative estimate of drug-likeness (QED) is 0.634. The Morgan fingerprint density at radius 3 is 2.55 bits per heavy atom. The van der Waals surface area contributed by atoms with Gasteiger partial charge in [-0.1, -0.05) is 41.9 Å². The third-order valence-electron chi connectivity index (χ3n) is 1.32. The van der Waals surface area contributed by atoms with Gasteiger partial charge in [-0.05, 0) is 12.5 Å². The van der Waals surface area contributed by atoms with Gasteiger partial charge in [0.05, 0.1) is 6.61 Å². The molecular formula is C9H11ClO. The van der Waals surface area contributed by atoms with Crippen LogP contribution in [-0.2, 0) is 11.3 Å². The minimum atomic E-state index is -0.213. The van der Waals surface area contributed by atoms with Crippen LogP contribution in [0.4, 0.5) is 0 Å². The van der Waals surface area contributed by atoms with Crippen molar-refractivity contribution in [3.8, 4) is 0 Å². The minimum Gasteiger partial charge on any atom is -0.358 e. The van der Waals surface area contributed by atoms with Crippen LogP contribution in [0.5, 0.6) is 0 Å². The number of benzene rings is 1. The second kappa shape index (κ2) is 4.37. The average molecular weight is 171 g/mol. The lowest BCUT2D eigenvalue weighted by molar-refractivity contribution is 0.105. The summed E-state index contributed by atoms with van der Waals surface area (Å²) in [6.07, 6.45) is 0. The molecule has 1 rings (SSSR count). The third kappa shape index (κ3) is 3.40. The fourth-order valence-corrected chi connectivity index (χ4v) is 0.848. The zero-order valence-corrected chi connectivity index (χ0v) is 7.21. The van der Waals surface area contributed by atoms with Crippen LogP contribution in [0.25, 0.3) is 0 Å². The molecule has 0 unspecified atom stereocenters. The van der Waals surface area contributed by atoms with Gasteiger partial charge in [-0.3, -0.25) is 0 Å². The highest BCUT2D eigenvalue weighted by Gasteiger charge is 1.95. The van der Waals surface area contributed by atoms with E-state index in [2.05, 4.69) is 0 Å². The smallest absolute Gasteiger partial charge is 0.128 e. The lowest BCUT2D eigenvalue weighted by Gasteiger charge is -2.04. The molecule has 0 radical (unpaired) electrons. The highest BCUT2D eigenvalue weighted by molar-refractivity contribution is 6.19. The molecule has 0 fully saturated rings. The van der Waals surface area contributed by atoms with E-state index in [0.717, 1.165) is 5.56 Å². The summed E-state index contributed by atoms with van der Waals surface area (Å²) >= 11 is 5.61. The monoisotopic (exact) mass is 170 g/mol. The van der Waals surface area contributed by atoms with E-state index in [0.29, 0.717) is 6.61 Å². The van der Waals surface area contributed by atoms with Crippen LogP contribution >= 0.6 is 11.6 Å². The zero-order chi connectivity index (χ0) is 8.10. The van der Waals surface area contributed by atoms with E-state index >= 15 is 0 Å². The SMILES string of the molecule is C[C@@H](Cl)OCc1ccccc1. The van der Waals surface area contributed by atoms with Crippen molar-refractivity contribution in [2.75, 3.05) is 0 Å². The molecule has 60 valence electrons. The van der Waals surface area contributed by atoms with Gasteiger partial charge < -0.3 is 4.74 Å². The Bertz CT molecular complexity index is 196. The van der Waals surface area contributed by atoms with Crippen molar-refractivity contribution in [3.05, 3.63) is 35.9 Å². The largest absolute Gasteiger partial charge is 0.358 e. The summed E-state index contributed by atoms with van der Waals surface area (Å²) in [5.74, 6) is 0. The lowest BCUT2D eigenvalue weighted by atomic mass is 10.2. The molecule has 1 aromatic rings. The maximum absolute atomic E-state index is 5.61. The van der Waals surface area contributed by atoms with Crippen LogP contribution in [0.3, 0.4) is 0 Å². The van der Waals surface area contributed by atoms with Gasteiger partial charge in [-0.15, -0.1) is 0 Å². The number of alkyl halides is 1. The highest BCUT2D eigenvalue weighted by Crippen LogP contribution is 2.04. The summed E-state index contributed by atoms with van der Waals surface area (Å²) in [6, 6.07) is 9.97. The molecule has 0 spiro atoms. The number of hydrogen-bond acceptors (Lipinski definition) is 1. The van der Waals surface area contributed by atoms with E-state index in [1.807, 2.05) is 37.3 Å². The second-order valence-corrected chi connectivity index (χ2v) is 2.95. The van der Waals surface area contributed by atoms with E-state index in [1.54, 1.807) is 0 Å². The first-order chi connectivity index (χ1) is 5.29. The number of hydrogen-bond donors (Lipinski definition) is 0. The predicted molar refractivity (Wildman–Crippen MR) is 46.5 cm³/mol. The summed E-state index contributed by atoms with van der Waals surface area (Å²) in [7, 11) is 0. The zero-order valence-electron chi connectivity index (χ0n) is 6.46. The first kappa shape index (κ1) is 8.57. The molecule has 0 aliphatic heterocycles. The van der Waals surface area contributed by atoms with Gasteiger partial charge in [0.15, 0.2) is 0 Å². The predicted octanol–water partition coefficient (Wildman–Crippen LogP) is 2.79. The topological polar surface area (TPSA) is 9.23 Å². The maximum Gasteiger partial charge on any atom is 0.128 e. The molecule has 1 aromatic carbocycles. The standard InChI is InChI=1S/C9H11ClO/c1-8(10)11-7-9-5-3-2-4-6-9/h2-6,8H,7H2,1H3/t8-/m0/s1. The second-order valence-electron chi connectivity index (χ2n) is 2.34. The maximum atomic E-state index is 5.61. The summed E-state index contributed by atoms with van der Waals surface area (Å²) in [4.78, 5) is 0. The van der Waals surface area contributed by atoms with Crippen molar-refractivity contribution in [2.45, 2.75) is 19.1 Å². The van der Waals surface area contributed by atoms with Crippen LogP contribution < -0.4 is 0 Å². The molecule has 11 heavy (non-hydrogen) atoms. The van der Waals surface area contributed by atoms with E-state index in [4.69, 9.17) is 16.3 Å². The molecule has 0 saturated carbocycles. The van der Waals surface area contributed by atoms with Crippen molar-refractivity contribution in [2.24, 2.45) is 0 Å². The molecule has 0 amide bonds. The Morgan fingerprint density at radius 1 is 1.36 bits per heavy atom. The fourth-order valence-electron chi connectivity index (χ4n) is 0.785. The molecule has 1 nitrogen and oxygen atoms in total. The van der Waals surface area contributed by atoms with Gasteiger partial charge in [0.25, 0.3) is 0 Å². The molecule has 1 atom stereocenters. The molecular weight excluding hydrogens is 160 g/mol. The summed E-state index contributed by atoms with van der Waals surface area (Å²) in [6.45, 7) is 2.40. The number of halogens is 1. The van der Waals surface area contributed by atoms with Gasteiger partial charge in [-0.2, -0.15) is 0 Å². The van der Waals surface area contributed by atoms with Crippen LogP contribution in [-0.4, -0.2) is 5.56 Å². The Morgan fingerprint density at radius 2 is 2.00 bits per heavy atom. The molecule has 0 bridgehead atoms. The molecule has 0 aromatic heterocycles. The van der Waals surface area contributed by atoms with E-state index in [9.17, 15) is 0 Å². The van der Waals surface area contributed by atoms with E-state index in [-0.39, 0.29) is 5.56 Å². The fraction of sp³-hybridized carbons (Fsp3) is 0.333. The minimum absolute atomic E-state index is 0.213. The van der Waals surface area contributed by atoms with Crippen molar-refractivity contribution in [3.63, 3.8) is 0 Å². The summed E-state index contributed by atoms with van der Waals surface area (Å²) in [5.41, 5.74) is 0.940. The van der Waals surface area contributed by atoms with Crippen LogP contribution in [0.1, 0.15) is 12.5 Å². The Kier molecular flexibility index (Phi) is 3.40. The number of ether oxygens (including phenoxy) is 1. The van der Waals surface area contributed by atoms with Gasteiger partial charge in [0, 0.05) is 0 Å². The van der Waals surface area contributed by atoms with Crippen molar-refractivity contribution in [1.29, 1.82) is 0 Å². The Balaban J connectivity index is 2.39. The van der Waals surface area contributed by atoms with Crippen molar-refractivity contribution >= 4 is 11.6 Å². The van der Waals surface area contributed by atoms with Crippen LogP contribution in [0.2, 0.25) is 0 Å². The summed E-state index contributed by atoms with van der Waals surface area (Å²) in [5, 5.41) is 0. The molecule has 0 N–H and O–H groups in total. The van der Waals surface area contributed by atoms with Crippen molar-refractivity contribution in [1.82, 2.24) is 0 Å². The van der Waals surface area contributed by atoms with Crippen LogP contribution in [0.15, 0.2) is 30.3 Å². The average Bonchev–Trinajstić information content (AvgIpc) is 2.03. The van der Waals surface area contributed by atoms with E-state index < -0.39 is 0 Å². The molecule has 0 saturated heterocycles. The van der Waals surface area contributed by atoms with Gasteiger partial charge in [0.2, 0.25) is 0 Å². The Labute approximate surface area is 71.9 Å². The summed E-state index contributed by atoms with van der Waals surface area (Å²) < 4.78 is 5.19.